The molecule has 0 spiro atoms. The third kappa shape index (κ3) is 10.1. The van der Waals surface area contributed by atoms with Crippen LogP contribution >= 0.6 is 0 Å². The zero-order valence-corrected chi connectivity index (χ0v) is 11.0. The molecule has 0 N–H and O–H groups in total. The molecular formula is C8H19F3Si2. The largest absolute Gasteiger partial charge is 0.314 e. The summed E-state index contributed by atoms with van der Waals surface area (Å²) in [6, 6.07) is -0.795. The van der Waals surface area contributed by atoms with Crippen molar-refractivity contribution in [1.29, 1.82) is 0 Å². The molecule has 5 heteroatoms. The van der Waals surface area contributed by atoms with Crippen molar-refractivity contribution in [3.63, 3.8) is 0 Å². The van der Waals surface area contributed by atoms with Gasteiger partial charge in [0.15, 0.2) is 0 Å². The molecule has 13 heavy (non-hydrogen) atoms. The molecule has 0 aliphatic heterocycles. The van der Waals surface area contributed by atoms with Crippen LogP contribution in [0.25, 0.3) is 0 Å². The topological polar surface area (TPSA) is 0 Å². The minimum absolute atomic E-state index is 0.290. The van der Waals surface area contributed by atoms with Crippen LogP contribution in [0.1, 0.15) is 13.3 Å². The fourth-order valence-electron chi connectivity index (χ4n) is 1.55. The van der Waals surface area contributed by atoms with Crippen LogP contribution in [0.2, 0.25) is 25.2 Å². The Balaban J connectivity index is 3.46. The molecule has 0 saturated carbocycles. The van der Waals surface area contributed by atoms with E-state index in [9.17, 15) is 12.9 Å². The van der Waals surface area contributed by atoms with E-state index in [0.717, 1.165) is 6.42 Å². The SMILES string of the molecule is CC(CC[SiH2]C(F)F)C[Si](C)(C)F. The number of hydrogen-bond donors (Lipinski definition) is 0. The normalized spacial score (nSPS) is 15.9. The summed E-state index contributed by atoms with van der Waals surface area (Å²) in [5, 5.41) is 0. The van der Waals surface area contributed by atoms with E-state index < -0.39 is 24.0 Å². The average molecular weight is 228 g/mol. The standard InChI is InChI=1S/C8H19F3Si2/c1-7(6-13(2,3)11)4-5-12-8(9)10/h7-8H,4-6,12H2,1-3H3. The van der Waals surface area contributed by atoms with Crippen LogP contribution in [0, 0.1) is 5.92 Å². The number of hydrogen-bond acceptors (Lipinski definition) is 0. The highest BCUT2D eigenvalue weighted by atomic mass is 28.4. The van der Waals surface area contributed by atoms with E-state index >= 15 is 0 Å². The fraction of sp³-hybridized carbons (Fsp3) is 1.00. The monoisotopic (exact) mass is 228 g/mol. The molecule has 1 unspecified atom stereocenters. The van der Waals surface area contributed by atoms with Gasteiger partial charge < -0.3 is 4.11 Å². The summed E-state index contributed by atoms with van der Waals surface area (Å²) < 4.78 is 36.9. The summed E-state index contributed by atoms with van der Waals surface area (Å²) in [6.07, 6.45) is 0.789. The van der Waals surface area contributed by atoms with Gasteiger partial charge in [-0.2, -0.15) is 0 Å². The van der Waals surface area contributed by atoms with Crippen molar-refractivity contribution >= 4 is 17.9 Å². The zero-order valence-electron chi connectivity index (χ0n) is 8.62. The van der Waals surface area contributed by atoms with E-state index in [4.69, 9.17) is 0 Å². The molecule has 0 aromatic heterocycles. The van der Waals surface area contributed by atoms with E-state index in [2.05, 4.69) is 0 Å². The van der Waals surface area contributed by atoms with Gasteiger partial charge >= 0.3 is 0 Å². The van der Waals surface area contributed by atoms with Crippen LogP contribution in [-0.2, 0) is 0 Å². The van der Waals surface area contributed by atoms with Gasteiger partial charge in [-0.25, -0.2) is 8.78 Å². The molecule has 0 radical (unpaired) electrons. The third-order valence-electron chi connectivity index (χ3n) is 1.95. The quantitative estimate of drug-likeness (QED) is 0.484. The van der Waals surface area contributed by atoms with Crippen LogP contribution in [-0.4, -0.2) is 24.0 Å². The lowest BCUT2D eigenvalue weighted by Gasteiger charge is -2.16. The average Bonchev–Trinajstić information content (AvgIpc) is 1.81. The van der Waals surface area contributed by atoms with Gasteiger partial charge in [0.25, 0.3) is 0 Å². The molecule has 0 bridgehead atoms. The van der Waals surface area contributed by atoms with Gasteiger partial charge in [-0.05, 0) is 25.1 Å². The van der Waals surface area contributed by atoms with Gasteiger partial charge in [-0.15, -0.1) is 0 Å². The Morgan fingerprint density at radius 3 is 2.23 bits per heavy atom. The van der Waals surface area contributed by atoms with Crippen molar-refractivity contribution in [2.24, 2.45) is 5.92 Å². The summed E-state index contributed by atoms with van der Waals surface area (Å²) in [5.74, 6) is 0.290. The molecule has 0 heterocycles. The maximum Gasteiger partial charge on any atom is 0.241 e. The summed E-state index contributed by atoms with van der Waals surface area (Å²) >= 11 is 0. The first kappa shape index (κ1) is 13.2. The highest BCUT2D eigenvalue weighted by molar-refractivity contribution is 6.70. The second-order valence-electron chi connectivity index (χ2n) is 4.35. The molecule has 1 atom stereocenters. The fourth-order valence-corrected chi connectivity index (χ4v) is 4.65. The molecule has 0 rings (SSSR count). The molecule has 0 fully saturated rings. The van der Waals surface area contributed by atoms with Crippen molar-refractivity contribution in [3.05, 3.63) is 0 Å². The van der Waals surface area contributed by atoms with E-state index in [1.807, 2.05) is 6.92 Å². The Bertz CT molecular complexity index is 134. The lowest BCUT2D eigenvalue weighted by atomic mass is 10.2. The second-order valence-corrected chi connectivity index (χ2v) is 10.1. The Labute approximate surface area is 81.9 Å². The molecule has 0 aliphatic rings. The highest BCUT2D eigenvalue weighted by Gasteiger charge is 2.23. The Hall–Kier alpha value is 0.224. The first-order valence-corrected chi connectivity index (χ1v) is 9.68. The molecular weight excluding hydrogens is 209 g/mol. The predicted octanol–water partition coefficient (Wildman–Crippen LogP) is 3.00. The maximum atomic E-state index is 13.2. The smallest absolute Gasteiger partial charge is 0.241 e. The molecule has 0 aliphatic carbocycles. The van der Waals surface area contributed by atoms with Gasteiger partial charge in [0.05, 0.1) is 0 Å². The van der Waals surface area contributed by atoms with Crippen LogP contribution in [0.4, 0.5) is 12.9 Å². The molecule has 0 aromatic carbocycles. The summed E-state index contributed by atoms with van der Waals surface area (Å²) in [5.41, 5.74) is 0. The van der Waals surface area contributed by atoms with Crippen LogP contribution in [0.3, 0.4) is 0 Å². The van der Waals surface area contributed by atoms with Gasteiger partial charge in [0.1, 0.15) is 9.52 Å². The highest BCUT2D eigenvalue weighted by Crippen LogP contribution is 2.21. The summed E-state index contributed by atoms with van der Waals surface area (Å²) in [7, 11) is -3.66. The van der Waals surface area contributed by atoms with E-state index in [1.54, 1.807) is 13.1 Å². The lowest BCUT2D eigenvalue weighted by Crippen LogP contribution is -2.21. The Morgan fingerprint density at radius 2 is 1.85 bits per heavy atom. The van der Waals surface area contributed by atoms with Gasteiger partial charge in [-0.3, -0.25) is 0 Å². The Morgan fingerprint density at radius 1 is 1.31 bits per heavy atom. The van der Waals surface area contributed by atoms with E-state index in [0.29, 0.717) is 12.1 Å². The first-order chi connectivity index (χ1) is 5.81. The van der Waals surface area contributed by atoms with Crippen LogP contribution < -0.4 is 0 Å². The van der Waals surface area contributed by atoms with Gasteiger partial charge in [-0.1, -0.05) is 19.4 Å². The first-order valence-electron chi connectivity index (χ1n) is 4.78. The van der Waals surface area contributed by atoms with Crippen molar-refractivity contribution < 1.29 is 12.9 Å². The van der Waals surface area contributed by atoms with Crippen molar-refractivity contribution in [2.45, 2.75) is 44.6 Å². The lowest BCUT2D eigenvalue weighted by molar-refractivity contribution is 0.237. The molecule has 80 valence electrons. The van der Waals surface area contributed by atoms with Crippen LogP contribution in [0.5, 0.6) is 0 Å². The van der Waals surface area contributed by atoms with Crippen molar-refractivity contribution in [1.82, 2.24) is 0 Å². The minimum Gasteiger partial charge on any atom is -0.314 e. The molecule has 0 amide bonds. The molecule has 0 saturated heterocycles. The molecule has 0 aromatic rings. The zero-order chi connectivity index (χ0) is 10.5. The Kier molecular flexibility index (Phi) is 5.95. The molecule has 0 nitrogen and oxygen atoms in total. The van der Waals surface area contributed by atoms with Crippen LogP contribution in [0.15, 0.2) is 0 Å². The van der Waals surface area contributed by atoms with E-state index in [1.165, 1.54) is 0 Å². The minimum atomic E-state index is -2.47. The maximum absolute atomic E-state index is 13.2. The number of alkyl halides is 2. The van der Waals surface area contributed by atoms with Gasteiger partial charge in [0, 0.05) is 0 Å². The van der Waals surface area contributed by atoms with Crippen molar-refractivity contribution in [3.8, 4) is 0 Å². The second kappa shape index (κ2) is 5.85. The third-order valence-corrected chi connectivity index (χ3v) is 4.87. The van der Waals surface area contributed by atoms with Crippen molar-refractivity contribution in [2.75, 3.05) is 0 Å². The van der Waals surface area contributed by atoms with Gasteiger partial charge in [0.2, 0.25) is 14.5 Å². The summed E-state index contributed by atoms with van der Waals surface area (Å²) in [6.45, 7) is 5.32. The summed E-state index contributed by atoms with van der Waals surface area (Å²) in [4.78, 5) is 0. The van der Waals surface area contributed by atoms with E-state index in [-0.39, 0.29) is 5.92 Å². The predicted molar refractivity (Wildman–Crippen MR) is 56.5 cm³/mol. The number of halogens is 3. The number of rotatable bonds is 6.